The van der Waals surface area contributed by atoms with Gasteiger partial charge in [0.1, 0.15) is 18.2 Å². The van der Waals surface area contributed by atoms with E-state index in [0.29, 0.717) is 5.69 Å². The molecule has 1 aromatic rings. The van der Waals surface area contributed by atoms with Crippen LogP contribution in [0.4, 0.5) is 10.1 Å². The van der Waals surface area contributed by atoms with E-state index in [1.54, 1.807) is 6.07 Å². The van der Waals surface area contributed by atoms with Crippen LogP contribution in [0.5, 0.6) is 0 Å². The Hall–Kier alpha value is -2.41. The topological polar surface area (TPSA) is 65.1 Å². The lowest BCUT2D eigenvalue weighted by Crippen LogP contribution is -2.38. The van der Waals surface area contributed by atoms with Crippen molar-refractivity contribution in [2.75, 3.05) is 32.5 Å². The minimum Gasteiger partial charge on any atom is -0.466 e. The smallest absolute Gasteiger partial charge is 0.355 e. The number of anilines is 1. The predicted molar refractivity (Wildman–Crippen MR) is 70.8 cm³/mol. The average Bonchev–Trinajstić information content (AvgIpc) is 2.52. The molecule has 7 heteroatoms. The molecule has 1 aliphatic heterocycles. The van der Waals surface area contributed by atoms with E-state index in [0.717, 1.165) is 0 Å². The number of ether oxygens (including phenoxy) is 3. The van der Waals surface area contributed by atoms with Gasteiger partial charge in [0.05, 0.1) is 26.4 Å². The van der Waals surface area contributed by atoms with Gasteiger partial charge >= 0.3 is 11.9 Å². The van der Waals surface area contributed by atoms with Crippen LogP contribution in [0.2, 0.25) is 0 Å². The quantitative estimate of drug-likeness (QED) is 0.781. The van der Waals surface area contributed by atoms with Gasteiger partial charge in [0, 0.05) is 5.69 Å². The zero-order valence-electron chi connectivity index (χ0n) is 11.6. The summed E-state index contributed by atoms with van der Waals surface area (Å²) in [4.78, 5) is 25.1. The lowest BCUT2D eigenvalue weighted by atomic mass is 10.1. The Bertz CT molecular complexity index is 599. The zero-order valence-corrected chi connectivity index (χ0v) is 11.6. The molecule has 0 radical (unpaired) electrons. The van der Waals surface area contributed by atoms with Crippen LogP contribution in [0.25, 0.3) is 0 Å². The molecule has 0 unspecified atom stereocenters. The first-order valence-corrected chi connectivity index (χ1v) is 6.09. The summed E-state index contributed by atoms with van der Waals surface area (Å²) >= 11 is 0. The van der Waals surface area contributed by atoms with Crippen molar-refractivity contribution in [2.24, 2.45) is 0 Å². The molecule has 2 rings (SSSR count). The third-order valence-electron chi connectivity index (χ3n) is 2.95. The van der Waals surface area contributed by atoms with Gasteiger partial charge < -0.3 is 19.1 Å². The number of carbonyl (C=O) groups excluding carboxylic acids is 2. The summed E-state index contributed by atoms with van der Waals surface area (Å²) in [6.45, 7) is -0.0860. The van der Waals surface area contributed by atoms with Crippen molar-refractivity contribution in [3.05, 3.63) is 41.4 Å². The second-order valence-corrected chi connectivity index (χ2v) is 4.20. The highest BCUT2D eigenvalue weighted by atomic mass is 19.1. The molecule has 0 saturated heterocycles. The molecule has 6 nitrogen and oxygen atoms in total. The highest BCUT2D eigenvalue weighted by Crippen LogP contribution is 2.26. The molecule has 0 amide bonds. The first-order valence-electron chi connectivity index (χ1n) is 6.09. The second-order valence-electron chi connectivity index (χ2n) is 4.20. The van der Waals surface area contributed by atoms with E-state index in [1.807, 2.05) is 0 Å². The highest BCUT2D eigenvalue weighted by Gasteiger charge is 2.32. The van der Waals surface area contributed by atoms with Crippen molar-refractivity contribution in [2.45, 2.75) is 0 Å². The van der Waals surface area contributed by atoms with Gasteiger partial charge in [-0.05, 0) is 18.2 Å². The molecule has 112 valence electrons. The monoisotopic (exact) mass is 295 g/mol. The van der Waals surface area contributed by atoms with E-state index >= 15 is 0 Å². The van der Waals surface area contributed by atoms with Gasteiger partial charge in [-0.2, -0.15) is 0 Å². The predicted octanol–water partition coefficient (Wildman–Crippen LogP) is 1.22. The maximum Gasteiger partial charge on any atom is 0.355 e. The van der Waals surface area contributed by atoms with E-state index < -0.39 is 17.8 Å². The van der Waals surface area contributed by atoms with E-state index in [9.17, 15) is 14.0 Å². The van der Waals surface area contributed by atoms with E-state index in [1.165, 1.54) is 37.3 Å². The van der Waals surface area contributed by atoms with Crippen molar-refractivity contribution in [3.8, 4) is 0 Å². The van der Waals surface area contributed by atoms with Crippen LogP contribution in [0.15, 0.2) is 35.5 Å². The molecule has 0 aliphatic carbocycles. The maximum absolute atomic E-state index is 13.4. The zero-order chi connectivity index (χ0) is 15.4. The molecule has 0 saturated carbocycles. The third kappa shape index (κ3) is 3.03. The SMILES string of the molecule is COC(=O)C1=C(C(=O)OC)N(c2cccc(F)c2)COC1. The van der Waals surface area contributed by atoms with Crippen molar-refractivity contribution in [3.63, 3.8) is 0 Å². The largest absolute Gasteiger partial charge is 0.466 e. The molecule has 1 heterocycles. The molecule has 21 heavy (non-hydrogen) atoms. The summed E-state index contributed by atoms with van der Waals surface area (Å²) in [5.74, 6) is -1.89. The Morgan fingerprint density at radius 1 is 1.24 bits per heavy atom. The number of esters is 2. The van der Waals surface area contributed by atoms with Crippen LogP contribution >= 0.6 is 0 Å². The highest BCUT2D eigenvalue weighted by molar-refractivity contribution is 6.03. The molecule has 1 aliphatic rings. The normalized spacial score (nSPS) is 14.9. The molecule has 0 fully saturated rings. The molecule has 0 bridgehead atoms. The fraction of sp³-hybridized carbons (Fsp3) is 0.286. The summed E-state index contributed by atoms with van der Waals surface area (Å²) in [7, 11) is 2.40. The lowest BCUT2D eigenvalue weighted by Gasteiger charge is -2.31. The Labute approximate surface area is 120 Å². The molecule has 0 spiro atoms. The molecular formula is C14H14FNO5. The summed E-state index contributed by atoms with van der Waals surface area (Å²) in [5, 5.41) is 0. The van der Waals surface area contributed by atoms with Crippen LogP contribution < -0.4 is 4.90 Å². The Morgan fingerprint density at radius 3 is 2.57 bits per heavy atom. The van der Waals surface area contributed by atoms with Gasteiger partial charge in [0.15, 0.2) is 0 Å². The van der Waals surface area contributed by atoms with Crippen LogP contribution in [0.1, 0.15) is 0 Å². The Morgan fingerprint density at radius 2 is 1.95 bits per heavy atom. The van der Waals surface area contributed by atoms with Gasteiger partial charge in [-0.1, -0.05) is 6.07 Å². The number of hydrogen-bond acceptors (Lipinski definition) is 6. The number of hydrogen-bond donors (Lipinski definition) is 0. The van der Waals surface area contributed by atoms with Crippen LogP contribution in [0, 0.1) is 5.82 Å². The minimum atomic E-state index is -0.719. The molecular weight excluding hydrogens is 281 g/mol. The first kappa shape index (κ1) is 15.0. The number of nitrogens with zero attached hydrogens (tertiary/aromatic N) is 1. The molecule has 0 aromatic heterocycles. The maximum atomic E-state index is 13.4. The molecule has 0 atom stereocenters. The third-order valence-corrected chi connectivity index (χ3v) is 2.95. The summed E-state index contributed by atoms with van der Waals surface area (Å²) in [6, 6.07) is 5.59. The number of carbonyl (C=O) groups is 2. The van der Waals surface area contributed by atoms with Gasteiger partial charge in [-0.25, -0.2) is 14.0 Å². The van der Waals surface area contributed by atoms with Gasteiger partial charge in [-0.15, -0.1) is 0 Å². The van der Waals surface area contributed by atoms with Gasteiger partial charge in [0.2, 0.25) is 0 Å². The molecule has 1 aromatic carbocycles. The van der Waals surface area contributed by atoms with Crippen LogP contribution in [0.3, 0.4) is 0 Å². The molecule has 0 N–H and O–H groups in total. The fourth-order valence-corrected chi connectivity index (χ4v) is 1.99. The lowest BCUT2D eigenvalue weighted by molar-refractivity contribution is -0.140. The first-order chi connectivity index (χ1) is 10.1. The van der Waals surface area contributed by atoms with E-state index in [-0.39, 0.29) is 24.6 Å². The average molecular weight is 295 g/mol. The van der Waals surface area contributed by atoms with Crippen LogP contribution in [-0.2, 0) is 23.8 Å². The summed E-state index contributed by atoms with van der Waals surface area (Å²) in [6.07, 6.45) is 0. The number of halogens is 1. The van der Waals surface area contributed by atoms with E-state index in [2.05, 4.69) is 4.74 Å². The van der Waals surface area contributed by atoms with E-state index in [4.69, 9.17) is 9.47 Å². The van der Waals surface area contributed by atoms with Gasteiger partial charge in [-0.3, -0.25) is 0 Å². The van der Waals surface area contributed by atoms with Crippen molar-refractivity contribution in [1.82, 2.24) is 0 Å². The minimum absolute atomic E-state index is 0.00557. The Kier molecular flexibility index (Phi) is 4.54. The van der Waals surface area contributed by atoms with Crippen molar-refractivity contribution >= 4 is 17.6 Å². The Balaban J connectivity index is 2.53. The standard InChI is InChI=1S/C14H14FNO5/c1-19-13(17)11-7-21-8-16(12(11)14(18)20-2)10-5-3-4-9(15)6-10/h3-6H,7-8H2,1-2H3. The number of benzene rings is 1. The van der Waals surface area contributed by atoms with Crippen LogP contribution in [-0.4, -0.2) is 39.5 Å². The second kappa shape index (κ2) is 6.36. The number of rotatable bonds is 3. The summed E-state index contributed by atoms with van der Waals surface area (Å²) < 4.78 is 28.0. The summed E-state index contributed by atoms with van der Waals surface area (Å²) in [5.41, 5.74) is 0.387. The van der Waals surface area contributed by atoms with Gasteiger partial charge in [0.25, 0.3) is 0 Å². The van der Waals surface area contributed by atoms with Crippen molar-refractivity contribution in [1.29, 1.82) is 0 Å². The fourth-order valence-electron chi connectivity index (χ4n) is 1.99. The number of methoxy groups -OCH3 is 2. The van der Waals surface area contributed by atoms with Crippen molar-refractivity contribution < 1.29 is 28.2 Å².